The molecule has 1 fully saturated rings. The van der Waals surface area contributed by atoms with Crippen molar-refractivity contribution in [2.75, 3.05) is 13.6 Å². The van der Waals surface area contributed by atoms with E-state index in [0.29, 0.717) is 6.04 Å². The molecular formula is C13H24N2. The molecule has 0 N–H and O–H groups in total. The first kappa shape index (κ1) is 12.5. The molecule has 0 aromatic carbocycles. The molecule has 86 valence electrons. The molecule has 0 amide bonds. The van der Waals surface area contributed by atoms with E-state index in [0.717, 1.165) is 13.0 Å². The summed E-state index contributed by atoms with van der Waals surface area (Å²) in [6.45, 7) is 3.40. The van der Waals surface area contributed by atoms with Crippen LogP contribution in [-0.2, 0) is 0 Å². The van der Waals surface area contributed by atoms with E-state index in [1.807, 2.05) is 0 Å². The van der Waals surface area contributed by atoms with Crippen molar-refractivity contribution in [3.05, 3.63) is 0 Å². The van der Waals surface area contributed by atoms with Gasteiger partial charge in [0.2, 0.25) is 0 Å². The topological polar surface area (TPSA) is 27.0 Å². The second-order valence-electron chi connectivity index (χ2n) is 4.78. The van der Waals surface area contributed by atoms with E-state index in [2.05, 4.69) is 24.9 Å². The fraction of sp³-hybridized carbons (Fsp3) is 0.923. The SMILES string of the molecule is CCCCCN(C)C1CCCCC1C#N. The van der Waals surface area contributed by atoms with Crippen molar-refractivity contribution in [1.29, 1.82) is 5.26 Å². The largest absolute Gasteiger partial charge is 0.302 e. The molecule has 1 saturated carbocycles. The van der Waals surface area contributed by atoms with Crippen LogP contribution in [0.1, 0.15) is 51.9 Å². The molecule has 2 unspecified atom stereocenters. The Kier molecular flexibility index (Phi) is 5.71. The van der Waals surface area contributed by atoms with Crippen molar-refractivity contribution in [3.63, 3.8) is 0 Å². The lowest BCUT2D eigenvalue weighted by molar-refractivity contribution is 0.155. The quantitative estimate of drug-likeness (QED) is 0.649. The molecule has 2 atom stereocenters. The molecule has 0 aliphatic heterocycles. The van der Waals surface area contributed by atoms with E-state index >= 15 is 0 Å². The lowest BCUT2D eigenvalue weighted by Gasteiger charge is -2.34. The second kappa shape index (κ2) is 6.85. The molecule has 0 spiro atoms. The third-order valence-corrected chi connectivity index (χ3v) is 3.58. The molecule has 15 heavy (non-hydrogen) atoms. The van der Waals surface area contributed by atoms with Gasteiger partial charge in [0.1, 0.15) is 0 Å². The van der Waals surface area contributed by atoms with Gasteiger partial charge in [-0.05, 0) is 32.9 Å². The summed E-state index contributed by atoms with van der Waals surface area (Å²) in [6, 6.07) is 3.01. The Morgan fingerprint density at radius 3 is 2.67 bits per heavy atom. The van der Waals surface area contributed by atoms with Gasteiger partial charge < -0.3 is 4.90 Å². The van der Waals surface area contributed by atoms with Gasteiger partial charge in [-0.2, -0.15) is 5.26 Å². The van der Waals surface area contributed by atoms with Crippen LogP contribution in [0.3, 0.4) is 0 Å². The normalized spacial score (nSPS) is 26.5. The fourth-order valence-electron chi connectivity index (χ4n) is 2.57. The van der Waals surface area contributed by atoms with Crippen molar-refractivity contribution < 1.29 is 0 Å². The van der Waals surface area contributed by atoms with Crippen LogP contribution in [0.5, 0.6) is 0 Å². The zero-order valence-electron chi connectivity index (χ0n) is 10.2. The number of rotatable bonds is 5. The van der Waals surface area contributed by atoms with Gasteiger partial charge in [-0.3, -0.25) is 0 Å². The van der Waals surface area contributed by atoms with Crippen molar-refractivity contribution in [2.24, 2.45) is 5.92 Å². The molecule has 2 nitrogen and oxygen atoms in total. The highest BCUT2D eigenvalue weighted by atomic mass is 15.1. The third kappa shape index (κ3) is 3.83. The Bertz CT molecular complexity index is 207. The molecule has 0 heterocycles. The number of hydrogen-bond acceptors (Lipinski definition) is 2. The van der Waals surface area contributed by atoms with Gasteiger partial charge in [0, 0.05) is 6.04 Å². The first-order chi connectivity index (χ1) is 7.29. The Hall–Kier alpha value is -0.550. The zero-order valence-corrected chi connectivity index (χ0v) is 10.2. The lowest BCUT2D eigenvalue weighted by Crippen LogP contribution is -2.40. The van der Waals surface area contributed by atoms with Crippen molar-refractivity contribution in [3.8, 4) is 6.07 Å². The zero-order chi connectivity index (χ0) is 11.1. The van der Waals surface area contributed by atoms with Gasteiger partial charge in [-0.1, -0.05) is 32.6 Å². The van der Waals surface area contributed by atoms with Gasteiger partial charge in [-0.15, -0.1) is 0 Å². The molecule has 1 rings (SSSR count). The van der Waals surface area contributed by atoms with Crippen LogP contribution in [0.4, 0.5) is 0 Å². The Morgan fingerprint density at radius 2 is 2.00 bits per heavy atom. The Labute approximate surface area is 94.3 Å². The lowest BCUT2D eigenvalue weighted by atomic mass is 9.84. The highest BCUT2D eigenvalue weighted by Gasteiger charge is 2.27. The minimum atomic E-state index is 0.283. The van der Waals surface area contributed by atoms with E-state index < -0.39 is 0 Å². The molecule has 2 heteroatoms. The number of hydrogen-bond donors (Lipinski definition) is 0. The summed E-state index contributed by atoms with van der Waals surface area (Å²) in [5.41, 5.74) is 0. The summed E-state index contributed by atoms with van der Waals surface area (Å²) in [6.07, 6.45) is 8.76. The van der Waals surface area contributed by atoms with Gasteiger partial charge in [0.05, 0.1) is 12.0 Å². The first-order valence-electron chi connectivity index (χ1n) is 6.39. The number of unbranched alkanes of at least 4 members (excludes halogenated alkanes) is 2. The molecule has 0 saturated heterocycles. The average Bonchev–Trinajstić information content (AvgIpc) is 2.29. The van der Waals surface area contributed by atoms with E-state index in [1.54, 1.807) is 0 Å². The molecule has 0 aromatic rings. The predicted molar refractivity (Wildman–Crippen MR) is 63.5 cm³/mol. The smallest absolute Gasteiger partial charge is 0.0672 e. The van der Waals surface area contributed by atoms with Crippen LogP contribution in [0.15, 0.2) is 0 Å². The molecule has 1 aliphatic carbocycles. The van der Waals surface area contributed by atoms with E-state index in [9.17, 15) is 0 Å². The molecule has 0 aromatic heterocycles. The standard InChI is InChI=1S/C13H24N2/c1-3-4-7-10-15(2)13-9-6-5-8-12(13)11-14/h12-13H,3-10H2,1-2H3. The van der Waals surface area contributed by atoms with Crippen LogP contribution in [0.25, 0.3) is 0 Å². The fourth-order valence-corrected chi connectivity index (χ4v) is 2.57. The summed E-state index contributed by atoms with van der Waals surface area (Å²) in [5, 5.41) is 9.11. The summed E-state index contributed by atoms with van der Waals surface area (Å²) < 4.78 is 0. The minimum Gasteiger partial charge on any atom is -0.302 e. The van der Waals surface area contributed by atoms with Crippen LogP contribution >= 0.6 is 0 Å². The van der Waals surface area contributed by atoms with Gasteiger partial charge in [0.25, 0.3) is 0 Å². The van der Waals surface area contributed by atoms with Crippen molar-refractivity contribution in [1.82, 2.24) is 4.90 Å². The molecular weight excluding hydrogens is 184 g/mol. The highest BCUT2D eigenvalue weighted by molar-refractivity contribution is 4.94. The monoisotopic (exact) mass is 208 g/mol. The number of nitrogens with zero attached hydrogens (tertiary/aromatic N) is 2. The maximum Gasteiger partial charge on any atom is 0.0672 e. The summed E-state index contributed by atoms with van der Waals surface area (Å²) >= 11 is 0. The van der Waals surface area contributed by atoms with Crippen LogP contribution in [0, 0.1) is 17.2 Å². The maximum atomic E-state index is 9.11. The van der Waals surface area contributed by atoms with Crippen LogP contribution in [0.2, 0.25) is 0 Å². The van der Waals surface area contributed by atoms with Crippen molar-refractivity contribution in [2.45, 2.75) is 57.9 Å². The molecule has 0 radical (unpaired) electrons. The summed E-state index contributed by atoms with van der Waals surface area (Å²) in [7, 11) is 2.19. The van der Waals surface area contributed by atoms with Gasteiger partial charge in [-0.25, -0.2) is 0 Å². The molecule has 0 bridgehead atoms. The second-order valence-corrected chi connectivity index (χ2v) is 4.78. The third-order valence-electron chi connectivity index (χ3n) is 3.58. The van der Waals surface area contributed by atoms with Crippen LogP contribution in [-0.4, -0.2) is 24.5 Å². The number of nitriles is 1. The first-order valence-corrected chi connectivity index (χ1v) is 6.39. The summed E-state index contributed by atoms with van der Waals surface area (Å²) in [5.74, 6) is 0.283. The van der Waals surface area contributed by atoms with E-state index in [4.69, 9.17) is 5.26 Å². The van der Waals surface area contributed by atoms with Gasteiger partial charge in [0.15, 0.2) is 0 Å². The van der Waals surface area contributed by atoms with Crippen LogP contribution < -0.4 is 0 Å². The van der Waals surface area contributed by atoms with Gasteiger partial charge >= 0.3 is 0 Å². The Morgan fingerprint density at radius 1 is 1.27 bits per heavy atom. The van der Waals surface area contributed by atoms with Crippen molar-refractivity contribution >= 4 is 0 Å². The highest BCUT2D eigenvalue weighted by Crippen LogP contribution is 2.27. The Balaban J connectivity index is 2.35. The summed E-state index contributed by atoms with van der Waals surface area (Å²) in [4.78, 5) is 2.42. The predicted octanol–water partition coefficient (Wildman–Crippen LogP) is 3.19. The minimum absolute atomic E-state index is 0.283. The van der Waals surface area contributed by atoms with E-state index in [-0.39, 0.29) is 5.92 Å². The average molecular weight is 208 g/mol. The molecule has 1 aliphatic rings. The maximum absolute atomic E-state index is 9.11. The van der Waals surface area contributed by atoms with E-state index in [1.165, 1.54) is 38.5 Å².